The summed E-state index contributed by atoms with van der Waals surface area (Å²) < 4.78 is 16.9. The summed E-state index contributed by atoms with van der Waals surface area (Å²) in [5.41, 5.74) is 1.32. The molecular weight excluding hydrogens is 516 g/mol. The van der Waals surface area contributed by atoms with Crippen LogP contribution < -0.4 is 14.8 Å². The summed E-state index contributed by atoms with van der Waals surface area (Å²) in [6, 6.07) is 3.36. The number of ether oxygens (including phenoxy) is 3. The van der Waals surface area contributed by atoms with Crippen LogP contribution in [0.25, 0.3) is 11.0 Å². The van der Waals surface area contributed by atoms with Crippen molar-refractivity contribution in [2.45, 2.75) is 96.9 Å². The van der Waals surface area contributed by atoms with E-state index in [0.717, 1.165) is 32.1 Å². The van der Waals surface area contributed by atoms with Gasteiger partial charge in [0.05, 0.1) is 24.7 Å². The second kappa shape index (κ2) is 12.3. The topological polar surface area (TPSA) is 140 Å². The van der Waals surface area contributed by atoms with Crippen molar-refractivity contribution in [2.75, 3.05) is 13.7 Å². The van der Waals surface area contributed by atoms with Crippen molar-refractivity contribution in [3.05, 3.63) is 23.9 Å². The Hall–Kier alpha value is -3.63. The molecule has 2 fully saturated rings. The second-order valence-corrected chi connectivity index (χ2v) is 11.7. The molecular formula is C29H40N4O7. The predicted molar refractivity (Wildman–Crippen MR) is 147 cm³/mol. The summed E-state index contributed by atoms with van der Waals surface area (Å²) in [5.74, 6) is -0.656. The van der Waals surface area contributed by atoms with Gasteiger partial charge in [-0.3, -0.25) is 4.79 Å². The van der Waals surface area contributed by atoms with Gasteiger partial charge >= 0.3 is 12.1 Å². The highest BCUT2D eigenvalue weighted by molar-refractivity contribution is 5.90. The van der Waals surface area contributed by atoms with Gasteiger partial charge in [0.15, 0.2) is 0 Å². The Morgan fingerprint density at radius 1 is 1.12 bits per heavy atom. The van der Waals surface area contributed by atoms with Crippen molar-refractivity contribution < 1.29 is 33.7 Å². The van der Waals surface area contributed by atoms with E-state index < -0.39 is 41.6 Å². The van der Waals surface area contributed by atoms with Gasteiger partial charge in [0.1, 0.15) is 35.7 Å². The standard InChI is InChI=1S/C29H40N4O7/c1-6-7-8-9-21-25(31-22-14-18(38-5)12-13-20(22)30-21)39-19-15-23(27(35)36)33(16-19)26(34)24(29(2,3)4)32-28(37)40-17-10-11-17/h12-14,17,19,23-24H,6-11,15-16H2,1-5H3,(H,32,37)(H,35,36)/t19-,23+,24-/m1/s1. The molecule has 1 aliphatic carbocycles. The van der Waals surface area contributed by atoms with Crippen LogP contribution in [0.15, 0.2) is 18.2 Å². The van der Waals surface area contributed by atoms with Crippen LogP contribution in [0.5, 0.6) is 11.6 Å². The van der Waals surface area contributed by atoms with Crippen molar-refractivity contribution in [3.8, 4) is 11.6 Å². The molecule has 218 valence electrons. The molecule has 1 saturated carbocycles. The van der Waals surface area contributed by atoms with Crippen LogP contribution in [0.3, 0.4) is 0 Å². The van der Waals surface area contributed by atoms with E-state index in [1.54, 1.807) is 13.2 Å². The third-order valence-electron chi connectivity index (χ3n) is 7.21. The number of rotatable bonds is 11. The molecule has 1 saturated heterocycles. The maximum absolute atomic E-state index is 13.7. The quantitative estimate of drug-likeness (QED) is 0.391. The summed E-state index contributed by atoms with van der Waals surface area (Å²) in [5, 5.41) is 12.7. The number of benzene rings is 1. The number of carboxylic acids is 1. The monoisotopic (exact) mass is 556 g/mol. The van der Waals surface area contributed by atoms with Gasteiger partial charge in [-0.05, 0) is 43.2 Å². The number of nitrogens with zero attached hydrogens (tertiary/aromatic N) is 3. The third-order valence-corrected chi connectivity index (χ3v) is 7.21. The molecule has 0 bridgehead atoms. The van der Waals surface area contributed by atoms with Gasteiger partial charge in [-0.15, -0.1) is 0 Å². The van der Waals surface area contributed by atoms with Crippen LogP contribution in [0.1, 0.15) is 71.9 Å². The van der Waals surface area contributed by atoms with Crippen molar-refractivity contribution >= 4 is 29.0 Å². The van der Waals surface area contributed by atoms with Crippen LogP contribution in [0, 0.1) is 5.41 Å². The van der Waals surface area contributed by atoms with E-state index in [1.165, 1.54) is 4.90 Å². The maximum Gasteiger partial charge on any atom is 0.408 e. The van der Waals surface area contributed by atoms with Crippen molar-refractivity contribution in [2.24, 2.45) is 5.41 Å². The van der Waals surface area contributed by atoms with E-state index in [-0.39, 0.29) is 19.1 Å². The molecule has 2 N–H and O–H groups in total. The lowest BCUT2D eigenvalue weighted by Gasteiger charge is -2.34. The summed E-state index contributed by atoms with van der Waals surface area (Å²) in [6.07, 6.45) is 3.92. The number of likely N-dealkylation sites (tertiary alicyclic amines) is 1. The Bertz CT molecular complexity index is 1240. The van der Waals surface area contributed by atoms with Crippen molar-refractivity contribution in [1.82, 2.24) is 20.2 Å². The summed E-state index contributed by atoms with van der Waals surface area (Å²) in [7, 11) is 1.58. The lowest BCUT2D eigenvalue weighted by molar-refractivity contribution is -0.150. The van der Waals surface area contributed by atoms with Crippen LogP contribution in [0.4, 0.5) is 4.79 Å². The Morgan fingerprint density at radius 2 is 1.88 bits per heavy atom. The average Bonchev–Trinajstić information content (AvgIpc) is 3.61. The fraction of sp³-hybridized carbons (Fsp3) is 0.621. The van der Waals surface area contributed by atoms with E-state index in [4.69, 9.17) is 24.2 Å². The van der Waals surface area contributed by atoms with Gasteiger partial charge in [-0.2, -0.15) is 0 Å². The minimum absolute atomic E-state index is 0.0357. The number of alkyl carbamates (subject to hydrolysis) is 1. The second-order valence-electron chi connectivity index (χ2n) is 11.7. The third kappa shape index (κ3) is 7.11. The fourth-order valence-corrected chi connectivity index (χ4v) is 4.80. The zero-order valence-electron chi connectivity index (χ0n) is 23.9. The number of hydrogen-bond acceptors (Lipinski definition) is 8. The zero-order valence-corrected chi connectivity index (χ0v) is 23.9. The normalized spacial score (nSPS) is 19.8. The molecule has 2 heterocycles. The van der Waals surface area contributed by atoms with Crippen LogP contribution in [0.2, 0.25) is 0 Å². The number of unbranched alkanes of at least 4 members (excludes halogenated alkanes) is 2. The smallest absolute Gasteiger partial charge is 0.408 e. The first-order chi connectivity index (χ1) is 19.0. The SMILES string of the molecule is CCCCCc1nc2ccc(OC)cc2nc1O[C@@H]1C[C@@H](C(=O)O)N(C(=O)[C@@H](NC(=O)OC2CC2)C(C)(C)C)C1. The van der Waals surface area contributed by atoms with Gasteiger partial charge in [-0.1, -0.05) is 40.5 Å². The molecule has 3 atom stereocenters. The Labute approximate surface area is 234 Å². The molecule has 40 heavy (non-hydrogen) atoms. The van der Waals surface area contributed by atoms with E-state index in [9.17, 15) is 19.5 Å². The number of fused-ring (bicyclic) bond motifs is 1. The lowest BCUT2D eigenvalue weighted by atomic mass is 9.85. The van der Waals surface area contributed by atoms with Gasteiger partial charge in [0.25, 0.3) is 0 Å². The highest BCUT2D eigenvalue weighted by Gasteiger charge is 2.46. The number of nitrogens with one attached hydrogen (secondary N) is 1. The number of aryl methyl sites for hydroxylation is 1. The van der Waals surface area contributed by atoms with E-state index in [2.05, 4.69) is 12.2 Å². The largest absolute Gasteiger partial charge is 0.497 e. The molecule has 0 radical (unpaired) electrons. The molecule has 1 aromatic carbocycles. The minimum Gasteiger partial charge on any atom is -0.497 e. The predicted octanol–water partition coefficient (Wildman–Crippen LogP) is 4.11. The highest BCUT2D eigenvalue weighted by Crippen LogP contribution is 2.31. The first kappa shape index (κ1) is 29.4. The molecule has 1 aromatic heterocycles. The highest BCUT2D eigenvalue weighted by atomic mass is 16.6. The molecule has 11 nitrogen and oxygen atoms in total. The van der Waals surface area contributed by atoms with Crippen LogP contribution in [-0.4, -0.2) is 75.9 Å². The first-order valence-corrected chi connectivity index (χ1v) is 14.0. The minimum atomic E-state index is -1.13. The molecule has 2 aromatic rings. The fourth-order valence-electron chi connectivity index (χ4n) is 4.80. The van der Waals surface area contributed by atoms with Gasteiger partial charge < -0.3 is 29.5 Å². The molecule has 0 unspecified atom stereocenters. The number of carbonyl (C=O) groups excluding carboxylic acids is 2. The van der Waals surface area contributed by atoms with E-state index in [0.29, 0.717) is 34.8 Å². The maximum atomic E-state index is 13.7. The number of carbonyl (C=O) groups is 3. The van der Waals surface area contributed by atoms with E-state index >= 15 is 0 Å². The molecule has 0 spiro atoms. The summed E-state index contributed by atoms with van der Waals surface area (Å²) in [4.78, 5) is 49.2. The molecule has 4 rings (SSSR count). The van der Waals surface area contributed by atoms with Gasteiger partial charge in [-0.25, -0.2) is 19.6 Å². The van der Waals surface area contributed by atoms with Crippen molar-refractivity contribution in [1.29, 1.82) is 0 Å². The van der Waals surface area contributed by atoms with Crippen LogP contribution in [-0.2, 0) is 20.7 Å². The summed E-state index contributed by atoms with van der Waals surface area (Å²) >= 11 is 0. The van der Waals surface area contributed by atoms with Crippen LogP contribution >= 0.6 is 0 Å². The number of hydrogen-bond donors (Lipinski definition) is 2. The molecule has 2 aliphatic rings. The summed E-state index contributed by atoms with van der Waals surface area (Å²) in [6.45, 7) is 7.60. The number of amides is 2. The number of aromatic nitrogens is 2. The number of carboxylic acid groups (broad SMARTS) is 1. The van der Waals surface area contributed by atoms with E-state index in [1.807, 2.05) is 32.9 Å². The molecule has 2 amide bonds. The van der Waals surface area contributed by atoms with Gasteiger partial charge in [0, 0.05) is 12.5 Å². The Balaban J connectivity index is 1.57. The lowest BCUT2D eigenvalue weighted by Crippen LogP contribution is -2.57. The number of methoxy groups -OCH3 is 1. The Kier molecular flexibility index (Phi) is 9.00. The van der Waals surface area contributed by atoms with Gasteiger partial charge in [0.2, 0.25) is 11.8 Å². The van der Waals surface area contributed by atoms with Crippen molar-refractivity contribution in [3.63, 3.8) is 0 Å². The Morgan fingerprint density at radius 3 is 2.50 bits per heavy atom. The zero-order chi connectivity index (χ0) is 29.0. The first-order valence-electron chi connectivity index (χ1n) is 14.0. The molecule has 11 heteroatoms. The molecule has 1 aliphatic heterocycles. The average molecular weight is 557 g/mol. The number of aliphatic carboxylic acids is 1.